The highest BCUT2D eigenvalue weighted by molar-refractivity contribution is 5.94. The first-order valence-corrected chi connectivity index (χ1v) is 9.45. The maximum atomic E-state index is 12.1. The van der Waals surface area contributed by atoms with Gasteiger partial charge in [-0.3, -0.25) is 9.79 Å². The lowest BCUT2D eigenvalue weighted by atomic mass is 10.1. The van der Waals surface area contributed by atoms with Crippen LogP contribution in [0, 0.1) is 13.8 Å². The van der Waals surface area contributed by atoms with Crippen molar-refractivity contribution in [1.82, 2.24) is 16.0 Å². The van der Waals surface area contributed by atoms with Gasteiger partial charge in [-0.25, -0.2) is 0 Å². The molecule has 0 bridgehead atoms. The number of amides is 1. The molecule has 0 aliphatic rings. The first kappa shape index (κ1) is 21.3. The average Bonchev–Trinajstić information content (AvgIpc) is 2.69. The molecule has 2 aromatic rings. The molecule has 6 nitrogen and oxygen atoms in total. The largest absolute Gasteiger partial charge is 0.497 e. The quantitative estimate of drug-likeness (QED) is 0.372. The number of hydrogen-bond acceptors (Lipinski definition) is 3. The van der Waals surface area contributed by atoms with Crippen LogP contribution in [0.15, 0.2) is 47.5 Å². The van der Waals surface area contributed by atoms with Crippen molar-refractivity contribution in [2.45, 2.75) is 20.3 Å². The Labute approximate surface area is 167 Å². The van der Waals surface area contributed by atoms with E-state index in [0.29, 0.717) is 18.7 Å². The van der Waals surface area contributed by atoms with Gasteiger partial charge in [-0.15, -0.1) is 0 Å². The van der Waals surface area contributed by atoms with Crippen molar-refractivity contribution in [2.75, 3.05) is 33.8 Å². The summed E-state index contributed by atoms with van der Waals surface area (Å²) < 4.78 is 5.10. The molecule has 0 aromatic heterocycles. The fourth-order valence-corrected chi connectivity index (χ4v) is 2.96. The van der Waals surface area contributed by atoms with Crippen LogP contribution in [-0.2, 0) is 6.42 Å². The number of guanidine groups is 1. The summed E-state index contributed by atoms with van der Waals surface area (Å²) in [7, 11) is 3.34. The van der Waals surface area contributed by atoms with E-state index in [2.05, 4.69) is 53.0 Å². The molecule has 0 radical (unpaired) electrons. The van der Waals surface area contributed by atoms with Crippen LogP contribution in [0.1, 0.15) is 27.0 Å². The van der Waals surface area contributed by atoms with Gasteiger partial charge in [0.25, 0.3) is 5.91 Å². The molecule has 28 heavy (non-hydrogen) atoms. The van der Waals surface area contributed by atoms with E-state index < -0.39 is 0 Å². The van der Waals surface area contributed by atoms with Crippen molar-refractivity contribution < 1.29 is 9.53 Å². The molecule has 0 heterocycles. The minimum atomic E-state index is -0.109. The Morgan fingerprint density at radius 2 is 1.54 bits per heavy atom. The van der Waals surface area contributed by atoms with Gasteiger partial charge < -0.3 is 20.7 Å². The number of aryl methyl sites for hydroxylation is 2. The molecular formula is C22H30N4O2. The van der Waals surface area contributed by atoms with Crippen molar-refractivity contribution in [2.24, 2.45) is 4.99 Å². The zero-order valence-corrected chi connectivity index (χ0v) is 17.1. The molecular weight excluding hydrogens is 352 g/mol. The molecule has 0 saturated heterocycles. The number of hydrogen-bond donors (Lipinski definition) is 3. The van der Waals surface area contributed by atoms with E-state index in [1.54, 1.807) is 38.4 Å². The summed E-state index contributed by atoms with van der Waals surface area (Å²) in [6.07, 6.45) is 0.928. The predicted octanol–water partition coefficient (Wildman–Crippen LogP) is 2.45. The maximum Gasteiger partial charge on any atom is 0.251 e. The van der Waals surface area contributed by atoms with E-state index in [9.17, 15) is 4.79 Å². The van der Waals surface area contributed by atoms with Crippen LogP contribution in [0.3, 0.4) is 0 Å². The molecule has 0 unspecified atom stereocenters. The summed E-state index contributed by atoms with van der Waals surface area (Å²) in [5.74, 6) is 1.35. The molecule has 0 saturated carbocycles. The van der Waals surface area contributed by atoms with E-state index >= 15 is 0 Å². The van der Waals surface area contributed by atoms with Crippen LogP contribution in [0.5, 0.6) is 5.75 Å². The number of methoxy groups -OCH3 is 1. The number of benzene rings is 2. The van der Waals surface area contributed by atoms with E-state index in [1.807, 2.05) is 0 Å². The highest BCUT2D eigenvalue weighted by atomic mass is 16.5. The SMILES string of the molecule is CN=C(NCCNC(=O)c1ccc(OC)cc1)NCCc1cc(C)cc(C)c1. The normalized spacial score (nSPS) is 11.1. The van der Waals surface area contributed by atoms with Crippen LogP contribution >= 0.6 is 0 Å². The van der Waals surface area contributed by atoms with Gasteiger partial charge in [-0.1, -0.05) is 29.3 Å². The Hall–Kier alpha value is -3.02. The number of aliphatic imine (C=N–C) groups is 1. The van der Waals surface area contributed by atoms with Crippen LogP contribution in [0.25, 0.3) is 0 Å². The number of carbonyl (C=O) groups is 1. The van der Waals surface area contributed by atoms with Gasteiger partial charge in [0.05, 0.1) is 7.11 Å². The van der Waals surface area contributed by atoms with Crippen molar-refractivity contribution in [3.05, 3.63) is 64.7 Å². The van der Waals surface area contributed by atoms with Crippen molar-refractivity contribution >= 4 is 11.9 Å². The van der Waals surface area contributed by atoms with Crippen molar-refractivity contribution in [3.63, 3.8) is 0 Å². The smallest absolute Gasteiger partial charge is 0.251 e. The van der Waals surface area contributed by atoms with E-state index in [0.717, 1.165) is 24.7 Å². The Kier molecular flexibility index (Phi) is 8.34. The van der Waals surface area contributed by atoms with Crippen molar-refractivity contribution in [1.29, 1.82) is 0 Å². The lowest BCUT2D eigenvalue weighted by Crippen LogP contribution is -2.42. The molecule has 0 spiro atoms. The zero-order valence-electron chi connectivity index (χ0n) is 17.1. The summed E-state index contributed by atoms with van der Waals surface area (Å²) in [5, 5.41) is 9.39. The zero-order chi connectivity index (χ0) is 20.4. The fraction of sp³-hybridized carbons (Fsp3) is 0.364. The third-order valence-electron chi connectivity index (χ3n) is 4.27. The number of carbonyl (C=O) groups excluding carboxylic acids is 1. The monoisotopic (exact) mass is 382 g/mol. The summed E-state index contributed by atoms with van der Waals surface area (Å²) >= 11 is 0. The summed E-state index contributed by atoms with van der Waals surface area (Å²) in [6.45, 7) is 6.11. The Balaban J connectivity index is 1.68. The van der Waals surface area contributed by atoms with Gasteiger partial charge in [0, 0.05) is 32.2 Å². The molecule has 1 amide bonds. The summed E-state index contributed by atoms with van der Waals surface area (Å²) in [4.78, 5) is 16.3. The average molecular weight is 383 g/mol. The number of nitrogens with zero attached hydrogens (tertiary/aromatic N) is 1. The van der Waals surface area contributed by atoms with E-state index in [4.69, 9.17) is 4.74 Å². The molecule has 0 fully saturated rings. The van der Waals surface area contributed by atoms with Gasteiger partial charge >= 0.3 is 0 Å². The molecule has 3 N–H and O–H groups in total. The Bertz CT molecular complexity index is 780. The lowest BCUT2D eigenvalue weighted by Gasteiger charge is -2.13. The van der Waals surface area contributed by atoms with Gasteiger partial charge in [-0.05, 0) is 50.1 Å². The fourth-order valence-electron chi connectivity index (χ4n) is 2.96. The first-order valence-electron chi connectivity index (χ1n) is 9.45. The third-order valence-corrected chi connectivity index (χ3v) is 4.27. The summed E-state index contributed by atoms with van der Waals surface area (Å²) in [5.41, 5.74) is 4.49. The first-order chi connectivity index (χ1) is 13.5. The van der Waals surface area contributed by atoms with Crippen LogP contribution in [0.2, 0.25) is 0 Å². The molecule has 2 rings (SSSR count). The second-order valence-electron chi connectivity index (χ2n) is 6.66. The topological polar surface area (TPSA) is 74.8 Å². The number of nitrogens with one attached hydrogen (secondary N) is 3. The third kappa shape index (κ3) is 6.95. The van der Waals surface area contributed by atoms with E-state index in [1.165, 1.54) is 16.7 Å². The standard InChI is InChI=1S/C22H30N4O2/c1-16-13-17(2)15-18(14-16)9-10-25-22(23-3)26-12-11-24-21(27)19-5-7-20(28-4)8-6-19/h5-8,13-15H,9-12H2,1-4H3,(H,24,27)(H2,23,25,26). The highest BCUT2D eigenvalue weighted by Crippen LogP contribution is 2.11. The molecule has 2 aromatic carbocycles. The molecule has 0 aliphatic heterocycles. The second kappa shape index (κ2) is 11.0. The maximum absolute atomic E-state index is 12.1. The number of rotatable bonds is 8. The minimum absolute atomic E-state index is 0.109. The molecule has 150 valence electrons. The molecule has 0 atom stereocenters. The van der Waals surface area contributed by atoms with Gasteiger partial charge in [0.2, 0.25) is 0 Å². The van der Waals surface area contributed by atoms with Crippen LogP contribution in [0.4, 0.5) is 0 Å². The van der Waals surface area contributed by atoms with Gasteiger partial charge in [0.1, 0.15) is 5.75 Å². The predicted molar refractivity (Wildman–Crippen MR) is 114 cm³/mol. The summed E-state index contributed by atoms with van der Waals surface area (Å²) in [6, 6.07) is 13.6. The Morgan fingerprint density at radius 3 is 2.14 bits per heavy atom. The highest BCUT2D eigenvalue weighted by Gasteiger charge is 2.05. The van der Waals surface area contributed by atoms with Crippen LogP contribution < -0.4 is 20.7 Å². The van der Waals surface area contributed by atoms with E-state index in [-0.39, 0.29) is 5.91 Å². The second-order valence-corrected chi connectivity index (χ2v) is 6.66. The molecule has 0 aliphatic carbocycles. The Morgan fingerprint density at radius 1 is 0.929 bits per heavy atom. The van der Waals surface area contributed by atoms with Gasteiger partial charge in [-0.2, -0.15) is 0 Å². The minimum Gasteiger partial charge on any atom is -0.497 e. The molecule has 6 heteroatoms. The van der Waals surface area contributed by atoms with Crippen LogP contribution in [-0.4, -0.2) is 45.7 Å². The lowest BCUT2D eigenvalue weighted by molar-refractivity contribution is 0.0954. The van der Waals surface area contributed by atoms with Crippen molar-refractivity contribution in [3.8, 4) is 5.75 Å². The van der Waals surface area contributed by atoms with Gasteiger partial charge in [0.15, 0.2) is 5.96 Å². The number of ether oxygens (including phenoxy) is 1.